The fourth-order valence-corrected chi connectivity index (χ4v) is 5.93. The van der Waals surface area contributed by atoms with Crippen LogP contribution in [0.1, 0.15) is 83.1 Å². The van der Waals surface area contributed by atoms with Crippen LogP contribution in [-0.4, -0.2) is 34.1 Å². The van der Waals surface area contributed by atoms with Crippen LogP contribution in [-0.2, 0) is 41.5 Å². The largest absolute Gasteiger partial charge is 0.464 e. The second kappa shape index (κ2) is 9.41. The fraction of sp³-hybridized carbons (Fsp3) is 0.630. The number of nitrogens with zero attached hydrogens (tertiary/aromatic N) is 2. The molecule has 1 saturated heterocycles. The van der Waals surface area contributed by atoms with Gasteiger partial charge in [-0.2, -0.15) is 5.10 Å². The van der Waals surface area contributed by atoms with Crippen molar-refractivity contribution in [1.29, 1.82) is 0 Å². The summed E-state index contributed by atoms with van der Waals surface area (Å²) in [5, 5.41) is 8.42. The number of nitrogens with one attached hydrogen (secondary N) is 2. The van der Waals surface area contributed by atoms with Crippen molar-refractivity contribution >= 4 is 30.8 Å². The number of carbonyl (C=O) groups is 1. The van der Waals surface area contributed by atoms with Gasteiger partial charge in [-0.25, -0.2) is 4.79 Å². The third-order valence-electron chi connectivity index (χ3n) is 8.45. The number of fused-ring (bicyclic) bond motifs is 2. The predicted molar refractivity (Wildman–Crippen MR) is 145 cm³/mol. The average Bonchev–Trinajstić information content (AvgIpc) is 3.58. The molecule has 0 saturated carbocycles. The van der Waals surface area contributed by atoms with E-state index in [9.17, 15) is 4.79 Å². The number of aromatic nitrogens is 2. The van der Waals surface area contributed by atoms with Crippen LogP contribution < -0.4 is 10.0 Å². The Bertz CT molecular complexity index is 1110. The summed E-state index contributed by atoms with van der Waals surface area (Å²) < 4.78 is 17.4. The summed E-state index contributed by atoms with van der Waals surface area (Å²) in [4.78, 5) is 12.8. The van der Waals surface area contributed by atoms with E-state index in [2.05, 4.69) is 62.7 Å². The van der Waals surface area contributed by atoms with Crippen molar-refractivity contribution in [3.8, 4) is 0 Å². The first kappa shape index (κ1) is 25.7. The second-order valence-corrected chi connectivity index (χ2v) is 13.0. The summed E-state index contributed by atoms with van der Waals surface area (Å²) in [5.41, 5.74) is 5.90. The lowest BCUT2D eigenvalue weighted by Gasteiger charge is -2.32. The van der Waals surface area contributed by atoms with E-state index in [4.69, 9.17) is 9.31 Å². The van der Waals surface area contributed by atoms with Crippen molar-refractivity contribution < 1.29 is 14.1 Å². The molecule has 0 atom stereocenters. The second-order valence-electron chi connectivity index (χ2n) is 12.1. The summed E-state index contributed by atoms with van der Waals surface area (Å²) in [6.45, 7) is 13.4. The van der Waals surface area contributed by atoms with Gasteiger partial charge >= 0.3 is 13.1 Å². The molecule has 0 unspecified atom stereocenters. The first-order valence-electron chi connectivity index (χ1n) is 13.2. The van der Waals surface area contributed by atoms with Crippen LogP contribution in [0.4, 0.5) is 10.5 Å². The van der Waals surface area contributed by atoms with Gasteiger partial charge in [-0.15, -0.1) is 0 Å². The highest BCUT2D eigenvalue weighted by atomic mass is 32.2. The van der Waals surface area contributed by atoms with E-state index in [0.717, 1.165) is 49.4 Å². The minimum atomic E-state index is -0.337. The van der Waals surface area contributed by atoms with Crippen LogP contribution in [0.25, 0.3) is 0 Å². The number of anilines is 1. The normalized spacial score (nSPS) is 19.9. The molecule has 1 aromatic carbocycles. The highest BCUT2D eigenvalue weighted by Crippen LogP contribution is 2.46. The van der Waals surface area contributed by atoms with Crippen molar-refractivity contribution in [2.75, 3.05) is 5.32 Å². The van der Waals surface area contributed by atoms with Gasteiger partial charge in [0.1, 0.15) is 5.03 Å². The van der Waals surface area contributed by atoms with Crippen LogP contribution in [0.3, 0.4) is 0 Å². The van der Waals surface area contributed by atoms with Crippen molar-refractivity contribution in [2.24, 2.45) is 0 Å². The smallest absolute Gasteiger partial charge is 0.403 e. The molecule has 7 nitrogen and oxygen atoms in total. The SMILES string of the molecule is CC(C)(CCn1ccc(SNC(=O)Nc2c3c(cc4c2CCC4)CCC3)n1)B1OC(C)(C)C(C)(C)O1. The molecule has 194 valence electrons. The lowest BCUT2D eigenvalue weighted by molar-refractivity contribution is 0.00578. The molecule has 1 fully saturated rings. The Balaban J connectivity index is 1.15. The van der Waals surface area contributed by atoms with E-state index in [-0.39, 0.29) is 29.7 Å². The number of urea groups is 1. The summed E-state index contributed by atoms with van der Waals surface area (Å²) in [6, 6.07) is 4.12. The molecule has 1 aliphatic heterocycles. The first-order valence-corrected chi connectivity index (χ1v) is 14.1. The average molecular weight is 511 g/mol. The third-order valence-corrected chi connectivity index (χ3v) is 9.17. The molecular formula is C27H39BN4O3S. The summed E-state index contributed by atoms with van der Waals surface area (Å²) >= 11 is 1.25. The van der Waals surface area contributed by atoms with E-state index in [1.54, 1.807) is 0 Å². The van der Waals surface area contributed by atoms with E-state index in [0.29, 0.717) is 0 Å². The Morgan fingerprint density at radius 1 is 1.08 bits per heavy atom. The maximum Gasteiger partial charge on any atom is 0.464 e. The van der Waals surface area contributed by atoms with Crippen molar-refractivity contribution in [3.63, 3.8) is 0 Å². The lowest BCUT2D eigenvalue weighted by Crippen LogP contribution is -2.41. The summed E-state index contributed by atoms with van der Waals surface area (Å²) in [6.07, 6.45) is 9.51. The molecule has 2 aromatic rings. The van der Waals surface area contributed by atoms with E-state index < -0.39 is 0 Å². The molecule has 0 radical (unpaired) electrons. The number of benzene rings is 1. The van der Waals surface area contributed by atoms with E-state index in [1.807, 2.05) is 16.9 Å². The van der Waals surface area contributed by atoms with Crippen LogP contribution in [0, 0.1) is 0 Å². The van der Waals surface area contributed by atoms with Gasteiger partial charge in [0.2, 0.25) is 0 Å². The Labute approximate surface area is 219 Å². The monoisotopic (exact) mass is 510 g/mol. The molecule has 0 spiro atoms. The van der Waals surface area contributed by atoms with Gasteiger partial charge in [-0.3, -0.25) is 9.40 Å². The lowest BCUT2D eigenvalue weighted by atomic mass is 9.58. The molecular weight excluding hydrogens is 471 g/mol. The molecule has 9 heteroatoms. The summed E-state index contributed by atoms with van der Waals surface area (Å²) in [5.74, 6) is 0. The molecule has 1 aromatic heterocycles. The number of hydrogen-bond donors (Lipinski definition) is 2. The van der Waals surface area contributed by atoms with Crippen molar-refractivity contribution in [1.82, 2.24) is 14.5 Å². The first-order chi connectivity index (χ1) is 17.0. The maximum atomic E-state index is 12.8. The van der Waals surface area contributed by atoms with Gasteiger partial charge in [0.25, 0.3) is 0 Å². The highest BCUT2D eigenvalue weighted by molar-refractivity contribution is 7.97. The topological polar surface area (TPSA) is 77.4 Å². The zero-order valence-corrected chi connectivity index (χ0v) is 23.3. The standard InChI is InChI=1S/C27H39BN4O3S/c1-25(2,28-34-26(3,4)27(5,6)35-28)14-16-32-15-13-22(30-32)36-31-24(33)29-23-20-11-7-9-18(20)17-19-10-8-12-21(19)23/h13,15,17H,7-12,14,16H2,1-6H3,(H2,29,31,33). The number of hydrogen-bond acceptors (Lipinski definition) is 5. The Kier molecular flexibility index (Phi) is 6.71. The van der Waals surface area contributed by atoms with Gasteiger partial charge < -0.3 is 14.6 Å². The predicted octanol–water partition coefficient (Wildman–Crippen LogP) is 5.95. The van der Waals surface area contributed by atoms with Crippen molar-refractivity contribution in [2.45, 2.75) is 115 Å². The molecule has 0 bridgehead atoms. The number of carbonyl (C=O) groups excluding carboxylic acids is 1. The molecule has 2 aliphatic carbocycles. The molecule has 36 heavy (non-hydrogen) atoms. The van der Waals surface area contributed by atoms with Gasteiger partial charge in [0.15, 0.2) is 0 Å². The zero-order chi connectivity index (χ0) is 25.7. The third kappa shape index (κ3) is 4.94. The number of rotatable bonds is 7. The quantitative estimate of drug-likeness (QED) is 0.356. The Morgan fingerprint density at radius 2 is 1.69 bits per heavy atom. The van der Waals surface area contributed by atoms with Gasteiger partial charge in [0.05, 0.1) is 11.2 Å². The Morgan fingerprint density at radius 3 is 2.31 bits per heavy atom. The van der Waals surface area contributed by atoms with Crippen LogP contribution in [0.15, 0.2) is 23.4 Å². The minimum absolute atomic E-state index is 0.168. The molecule has 5 rings (SSSR count). The zero-order valence-electron chi connectivity index (χ0n) is 22.5. The Hall–Kier alpha value is -1.97. The number of aryl methyl sites for hydroxylation is 3. The molecule has 2 amide bonds. The van der Waals surface area contributed by atoms with Gasteiger partial charge in [-0.05, 0) is 101 Å². The van der Waals surface area contributed by atoms with Crippen LogP contribution in [0.5, 0.6) is 0 Å². The highest BCUT2D eigenvalue weighted by Gasteiger charge is 2.56. The molecule has 2 N–H and O–H groups in total. The number of amides is 2. The maximum absolute atomic E-state index is 12.8. The molecule has 3 aliphatic rings. The van der Waals surface area contributed by atoms with E-state index >= 15 is 0 Å². The van der Waals surface area contributed by atoms with Gasteiger partial charge in [0, 0.05) is 35.7 Å². The van der Waals surface area contributed by atoms with Crippen LogP contribution in [0.2, 0.25) is 5.31 Å². The molecule has 2 heterocycles. The van der Waals surface area contributed by atoms with E-state index in [1.165, 1.54) is 47.0 Å². The van der Waals surface area contributed by atoms with Crippen LogP contribution >= 0.6 is 11.9 Å². The minimum Gasteiger partial charge on any atom is -0.403 e. The van der Waals surface area contributed by atoms with Crippen molar-refractivity contribution in [3.05, 3.63) is 40.6 Å². The fourth-order valence-electron chi connectivity index (χ4n) is 5.41. The summed E-state index contributed by atoms with van der Waals surface area (Å²) in [7, 11) is -0.266. The van der Waals surface area contributed by atoms with Gasteiger partial charge in [-0.1, -0.05) is 19.9 Å².